The summed E-state index contributed by atoms with van der Waals surface area (Å²) in [4.78, 5) is 26.0. The SMILES string of the molecule is CCN(CC)S(=O)(=O)c1ccc(=O)n(CC(=O)N(C)Cc2ccc(C)o2)c1. The van der Waals surface area contributed by atoms with Crippen LogP contribution in [0.4, 0.5) is 0 Å². The maximum Gasteiger partial charge on any atom is 0.251 e. The summed E-state index contributed by atoms with van der Waals surface area (Å²) in [6.07, 6.45) is 1.22. The second-order valence-corrected chi connectivity index (χ2v) is 8.12. The molecule has 2 aromatic rings. The first-order valence-electron chi connectivity index (χ1n) is 8.69. The van der Waals surface area contributed by atoms with Gasteiger partial charge in [-0.1, -0.05) is 13.8 Å². The normalized spacial score (nSPS) is 11.7. The summed E-state index contributed by atoms with van der Waals surface area (Å²) in [5, 5.41) is 0. The zero-order chi connectivity index (χ0) is 20.2. The molecule has 0 unspecified atom stereocenters. The lowest BCUT2D eigenvalue weighted by atomic mass is 10.4. The minimum Gasteiger partial charge on any atom is -0.464 e. The Labute approximate surface area is 159 Å². The van der Waals surface area contributed by atoms with E-state index in [4.69, 9.17) is 4.42 Å². The van der Waals surface area contributed by atoms with E-state index in [1.807, 2.05) is 6.92 Å². The fourth-order valence-corrected chi connectivity index (χ4v) is 4.14. The summed E-state index contributed by atoms with van der Waals surface area (Å²) < 4.78 is 33.1. The van der Waals surface area contributed by atoms with Crippen molar-refractivity contribution >= 4 is 15.9 Å². The van der Waals surface area contributed by atoms with Crippen molar-refractivity contribution in [3.8, 4) is 0 Å². The van der Waals surface area contributed by atoms with Crippen LogP contribution in [0.1, 0.15) is 25.4 Å². The van der Waals surface area contributed by atoms with Crippen molar-refractivity contribution in [1.82, 2.24) is 13.8 Å². The lowest BCUT2D eigenvalue weighted by Crippen LogP contribution is -2.35. The molecule has 0 aliphatic rings. The van der Waals surface area contributed by atoms with Crippen LogP contribution in [0.5, 0.6) is 0 Å². The fraction of sp³-hybridized carbons (Fsp3) is 0.444. The number of pyridine rings is 1. The average molecular weight is 395 g/mol. The minimum atomic E-state index is -3.71. The number of amides is 1. The Morgan fingerprint density at radius 3 is 2.37 bits per heavy atom. The summed E-state index contributed by atoms with van der Waals surface area (Å²) >= 11 is 0. The lowest BCUT2D eigenvalue weighted by Gasteiger charge is -2.20. The van der Waals surface area contributed by atoms with Crippen molar-refractivity contribution in [2.75, 3.05) is 20.1 Å². The Morgan fingerprint density at radius 2 is 1.81 bits per heavy atom. The van der Waals surface area contributed by atoms with E-state index in [1.165, 1.54) is 27.5 Å². The first-order valence-corrected chi connectivity index (χ1v) is 10.1. The molecular formula is C18H25N3O5S. The van der Waals surface area contributed by atoms with E-state index >= 15 is 0 Å². The number of nitrogens with zero attached hydrogens (tertiary/aromatic N) is 3. The van der Waals surface area contributed by atoms with Crippen LogP contribution in [-0.2, 0) is 27.9 Å². The molecule has 0 atom stereocenters. The maximum absolute atomic E-state index is 12.6. The van der Waals surface area contributed by atoms with Crippen molar-refractivity contribution in [1.29, 1.82) is 0 Å². The van der Waals surface area contributed by atoms with Crippen molar-refractivity contribution in [3.05, 3.63) is 52.3 Å². The molecule has 8 nitrogen and oxygen atoms in total. The molecule has 0 N–H and O–H groups in total. The third-order valence-electron chi connectivity index (χ3n) is 4.22. The van der Waals surface area contributed by atoms with E-state index < -0.39 is 15.6 Å². The van der Waals surface area contributed by atoms with Gasteiger partial charge in [-0.3, -0.25) is 9.59 Å². The zero-order valence-corrected chi connectivity index (χ0v) is 16.8. The van der Waals surface area contributed by atoms with E-state index in [2.05, 4.69) is 0 Å². The molecule has 0 aliphatic carbocycles. The van der Waals surface area contributed by atoms with Crippen LogP contribution in [-0.4, -0.2) is 48.2 Å². The van der Waals surface area contributed by atoms with Crippen LogP contribution in [0.15, 0.2) is 44.6 Å². The molecule has 9 heteroatoms. The topological polar surface area (TPSA) is 92.8 Å². The van der Waals surface area contributed by atoms with Gasteiger partial charge in [0.25, 0.3) is 5.56 Å². The molecule has 0 saturated carbocycles. The van der Waals surface area contributed by atoms with E-state index in [0.717, 1.165) is 10.3 Å². The quantitative estimate of drug-likeness (QED) is 0.674. The van der Waals surface area contributed by atoms with Gasteiger partial charge in [-0.05, 0) is 25.1 Å². The lowest BCUT2D eigenvalue weighted by molar-refractivity contribution is -0.131. The fourth-order valence-electron chi connectivity index (χ4n) is 2.66. The third kappa shape index (κ3) is 4.86. The van der Waals surface area contributed by atoms with Gasteiger partial charge in [-0.15, -0.1) is 0 Å². The molecule has 0 saturated heterocycles. The largest absolute Gasteiger partial charge is 0.464 e. The monoisotopic (exact) mass is 395 g/mol. The molecule has 1 amide bonds. The number of carbonyl (C=O) groups is 1. The van der Waals surface area contributed by atoms with Gasteiger partial charge in [0.15, 0.2) is 0 Å². The van der Waals surface area contributed by atoms with Crippen molar-refractivity contribution < 1.29 is 17.6 Å². The summed E-state index contributed by atoms with van der Waals surface area (Å²) in [6, 6.07) is 6.02. The van der Waals surface area contributed by atoms with Crippen molar-refractivity contribution in [3.63, 3.8) is 0 Å². The molecule has 2 rings (SSSR count). The molecule has 0 radical (unpaired) electrons. The number of furan rings is 1. The summed E-state index contributed by atoms with van der Waals surface area (Å²) in [5.41, 5.74) is -0.441. The number of hydrogen-bond donors (Lipinski definition) is 0. The number of rotatable bonds is 8. The molecule has 0 bridgehead atoms. The Hall–Kier alpha value is -2.39. The number of likely N-dealkylation sites (N-methyl/N-ethyl adjacent to an activating group) is 1. The van der Waals surface area contributed by atoms with Gasteiger partial charge in [-0.2, -0.15) is 4.31 Å². The van der Waals surface area contributed by atoms with Crippen LogP contribution in [0.3, 0.4) is 0 Å². The van der Waals surface area contributed by atoms with Gasteiger partial charge >= 0.3 is 0 Å². The Kier molecular flexibility index (Phi) is 6.61. The predicted molar refractivity (Wildman–Crippen MR) is 101 cm³/mol. The molecule has 0 aliphatic heterocycles. The highest BCUT2D eigenvalue weighted by atomic mass is 32.2. The van der Waals surface area contributed by atoms with Crippen LogP contribution in [0.2, 0.25) is 0 Å². The van der Waals surface area contributed by atoms with E-state index in [9.17, 15) is 18.0 Å². The van der Waals surface area contributed by atoms with Crippen LogP contribution in [0, 0.1) is 6.92 Å². The summed E-state index contributed by atoms with van der Waals surface area (Å²) in [5.74, 6) is 1.05. The highest BCUT2D eigenvalue weighted by Gasteiger charge is 2.23. The van der Waals surface area contributed by atoms with E-state index in [1.54, 1.807) is 33.0 Å². The molecule has 0 fully saturated rings. The first-order chi connectivity index (χ1) is 12.7. The highest BCUT2D eigenvalue weighted by Crippen LogP contribution is 2.14. The second kappa shape index (κ2) is 8.53. The third-order valence-corrected chi connectivity index (χ3v) is 6.25. The van der Waals surface area contributed by atoms with Crippen molar-refractivity contribution in [2.45, 2.75) is 38.8 Å². The maximum atomic E-state index is 12.6. The molecule has 27 heavy (non-hydrogen) atoms. The van der Waals surface area contributed by atoms with Gasteiger partial charge < -0.3 is 13.9 Å². The zero-order valence-electron chi connectivity index (χ0n) is 16.0. The second-order valence-electron chi connectivity index (χ2n) is 6.18. The van der Waals surface area contributed by atoms with Gasteiger partial charge in [0.2, 0.25) is 15.9 Å². The van der Waals surface area contributed by atoms with Crippen molar-refractivity contribution in [2.24, 2.45) is 0 Å². The molecular weight excluding hydrogens is 370 g/mol. The number of hydrogen-bond acceptors (Lipinski definition) is 5. The number of sulfonamides is 1. The standard InChI is InChI=1S/C18H25N3O5S/c1-5-21(6-2)27(24,25)16-9-10-17(22)20(12-16)13-18(23)19(4)11-15-8-7-14(3)26-15/h7-10,12H,5-6,11,13H2,1-4H3. The van der Waals surface area contributed by atoms with Gasteiger partial charge in [-0.25, -0.2) is 8.42 Å². The smallest absolute Gasteiger partial charge is 0.251 e. The Bertz CT molecular complexity index is 957. The number of carbonyl (C=O) groups excluding carboxylic acids is 1. The molecule has 148 valence electrons. The molecule has 2 aromatic heterocycles. The van der Waals surface area contributed by atoms with Gasteiger partial charge in [0.05, 0.1) is 11.4 Å². The predicted octanol–water partition coefficient (Wildman–Crippen LogP) is 1.44. The number of aromatic nitrogens is 1. The first kappa shape index (κ1) is 20.9. The van der Waals surface area contributed by atoms with Crippen LogP contribution < -0.4 is 5.56 Å². The molecule has 0 spiro atoms. The summed E-state index contributed by atoms with van der Waals surface area (Å²) in [7, 11) is -2.11. The van der Waals surface area contributed by atoms with Gasteiger partial charge in [0, 0.05) is 32.4 Å². The molecule has 2 heterocycles. The van der Waals surface area contributed by atoms with Crippen LogP contribution >= 0.6 is 0 Å². The average Bonchev–Trinajstić information content (AvgIpc) is 3.02. The van der Waals surface area contributed by atoms with E-state index in [0.29, 0.717) is 18.8 Å². The minimum absolute atomic E-state index is 0.0112. The van der Waals surface area contributed by atoms with Gasteiger partial charge in [0.1, 0.15) is 18.1 Å². The number of aryl methyl sites for hydroxylation is 1. The van der Waals surface area contributed by atoms with Crippen LogP contribution in [0.25, 0.3) is 0 Å². The Balaban J connectivity index is 2.21. The molecule has 0 aromatic carbocycles. The summed E-state index contributed by atoms with van der Waals surface area (Å²) in [6.45, 7) is 5.95. The highest BCUT2D eigenvalue weighted by molar-refractivity contribution is 7.89. The Morgan fingerprint density at radius 1 is 1.15 bits per heavy atom. The van der Waals surface area contributed by atoms with E-state index in [-0.39, 0.29) is 23.9 Å².